The van der Waals surface area contributed by atoms with Crippen molar-refractivity contribution in [2.24, 2.45) is 5.92 Å². The molecule has 0 aromatic heterocycles. The van der Waals surface area contributed by atoms with Gasteiger partial charge in [0, 0.05) is 25.1 Å². The summed E-state index contributed by atoms with van der Waals surface area (Å²) in [4.78, 5) is -0.524. The highest BCUT2D eigenvalue weighted by molar-refractivity contribution is 7.89. The van der Waals surface area contributed by atoms with E-state index in [1.807, 2.05) is 0 Å². The number of hydrogen-bond acceptors (Lipinski definition) is 3. The number of rotatable bonds is 2. The van der Waals surface area contributed by atoms with Crippen molar-refractivity contribution in [2.75, 3.05) is 13.1 Å². The van der Waals surface area contributed by atoms with E-state index in [1.165, 1.54) is 0 Å². The van der Waals surface area contributed by atoms with Gasteiger partial charge in [-0.15, -0.1) is 0 Å². The maximum atomic E-state index is 13.5. The van der Waals surface area contributed by atoms with Gasteiger partial charge in [0.15, 0.2) is 0 Å². The minimum atomic E-state index is -3.96. The number of nitrogens with zero attached hydrogens (tertiary/aromatic N) is 2. The Balaban J connectivity index is 2.26. The van der Waals surface area contributed by atoms with Crippen LogP contribution in [0.15, 0.2) is 23.1 Å². The van der Waals surface area contributed by atoms with Gasteiger partial charge in [0.25, 0.3) is 0 Å². The van der Waals surface area contributed by atoms with E-state index in [-0.39, 0.29) is 19.0 Å². The van der Waals surface area contributed by atoms with Gasteiger partial charge in [0.2, 0.25) is 10.0 Å². The molecule has 19 heavy (non-hydrogen) atoms. The fourth-order valence-electron chi connectivity index (χ4n) is 2.05. The van der Waals surface area contributed by atoms with E-state index in [1.54, 1.807) is 0 Å². The Hall–Kier alpha value is -1.52. The van der Waals surface area contributed by atoms with Crippen molar-refractivity contribution in [1.82, 2.24) is 4.31 Å². The van der Waals surface area contributed by atoms with Crippen LogP contribution in [0.25, 0.3) is 0 Å². The summed E-state index contributed by atoms with van der Waals surface area (Å²) in [6, 6.07) is 4.48. The van der Waals surface area contributed by atoms with Gasteiger partial charge in [-0.1, -0.05) is 0 Å². The van der Waals surface area contributed by atoms with Gasteiger partial charge in [-0.25, -0.2) is 17.2 Å². The molecule has 0 aliphatic carbocycles. The van der Waals surface area contributed by atoms with Crippen molar-refractivity contribution in [1.29, 1.82) is 5.26 Å². The maximum Gasteiger partial charge on any atom is 0.245 e. The first-order valence-corrected chi connectivity index (χ1v) is 7.24. The topological polar surface area (TPSA) is 61.2 Å². The van der Waals surface area contributed by atoms with Crippen LogP contribution in [0.2, 0.25) is 0 Å². The van der Waals surface area contributed by atoms with Crippen molar-refractivity contribution in [3.63, 3.8) is 0 Å². The molecule has 7 heteroatoms. The third-order valence-corrected chi connectivity index (χ3v) is 5.08. The average Bonchev–Trinajstić information content (AvgIpc) is 2.38. The van der Waals surface area contributed by atoms with Crippen LogP contribution in [0, 0.1) is 28.9 Å². The number of nitriles is 1. The van der Waals surface area contributed by atoms with Gasteiger partial charge in [-0.05, 0) is 25.0 Å². The molecule has 0 spiro atoms. The van der Waals surface area contributed by atoms with Crippen LogP contribution in [0.1, 0.15) is 12.8 Å². The first-order chi connectivity index (χ1) is 8.95. The van der Waals surface area contributed by atoms with Crippen LogP contribution in [0.4, 0.5) is 8.78 Å². The fraction of sp³-hybridized carbons (Fsp3) is 0.417. The van der Waals surface area contributed by atoms with Gasteiger partial charge in [0.1, 0.15) is 16.5 Å². The van der Waals surface area contributed by atoms with E-state index in [4.69, 9.17) is 5.26 Å². The lowest BCUT2D eigenvalue weighted by Crippen LogP contribution is -2.38. The summed E-state index contributed by atoms with van der Waals surface area (Å²) in [5.74, 6) is -2.08. The monoisotopic (exact) mass is 286 g/mol. The van der Waals surface area contributed by atoms with E-state index < -0.39 is 26.6 Å². The molecule has 1 heterocycles. The minimum absolute atomic E-state index is 0.162. The molecule has 1 aromatic rings. The lowest BCUT2D eigenvalue weighted by atomic mass is 10.0. The van der Waals surface area contributed by atoms with Crippen LogP contribution < -0.4 is 0 Å². The second-order valence-electron chi connectivity index (χ2n) is 4.38. The molecule has 0 N–H and O–H groups in total. The second-order valence-corrected chi connectivity index (χ2v) is 6.29. The third-order valence-electron chi connectivity index (χ3n) is 3.15. The normalized spacial score (nSPS) is 18.2. The first-order valence-electron chi connectivity index (χ1n) is 5.80. The molecule has 0 saturated carbocycles. The Morgan fingerprint density at radius 3 is 2.42 bits per heavy atom. The smallest absolute Gasteiger partial charge is 0.207 e. The van der Waals surface area contributed by atoms with E-state index in [0.717, 1.165) is 16.4 Å². The average molecular weight is 286 g/mol. The molecule has 102 valence electrons. The molecule has 0 amide bonds. The van der Waals surface area contributed by atoms with Gasteiger partial charge in [0.05, 0.1) is 6.07 Å². The van der Waals surface area contributed by atoms with Crippen molar-refractivity contribution < 1.29 is 17.2 Å². The largest absolute Gasteiger partial charge is 0.245 e. The summed E-state index contributed by atoms with van der Waals surface area (Å²) in [5.41, 5.74) is 0. The molecule has 0 radical (unpaired) electrons. The van der Waals surface area contributed by atoms with E-state index in [9.17, 15) is 17.2 Å². The first kappa shape index (κ1) is 13.9. The van der Waals surface area contributed by atoms with Crippen molar-refractivity contribution >= 4 is 10.0 Å². The molecule has 1 fully saturated rings. The highest BCUT2D eigenvalue weighted by atomic mass is 32.2. The molecule has 4 nitrogen and oxygen atoms in total. The highest BCUT2D eigenvalue weighted by Crippen LogP contribution is 2.25. The van der Waals surface area contributed by atoms with Crippen LogP contribution in [0.3, 0.4) is 0 Å². The third kappa shape index (κ3) is 2.74. The van der Waals surface area contributed by atoms with Gasteiger partial charge in [-0.3, -0.25) is 0 Å². The van der Waals surface area contributed by atoms with Crippen molar-refractivity contribution in [3.8, 4) is 6.07 Å². The number of piperidine rings is 1. The van der Waals surface area contributed by atoms with E-state index >= 15 is 0 Å². The molecular weight excluding hydrogens is 274 g/mol. The highest BCUT2D eigenvalue weighted by Gasteiger charge is 2.31. The van der Waals surface area contributed by atoms with Crippen LogP contribution >= 0.6 is 0 Å². The van der Waals surface area contributed by atoms with Crippen LogP contribution in [0.5, 0.6) is 0 Å². The quantitative estimate of drug-likeness (QED) is 0.834. The van der Waals surface area contributed by atoms with Gasteiger partial charge in [-0.2, -0.15) is 9.57 Å². The van der Waals surface area contributed by atoms with E-state index in [0.29, 0.717) is 18.9 Å². The Morgan fingerprint density at radius 2 is 1.89 bits per heavy atom. The lowest BCUT2D eigenvalue weighted by Gasteiger charge is -2.28. The van der Waals surface area contributed by atoms with Crippen LogP contribution in [-0.4, -0.2) is 25.8 Å². The number of halogens is 2. The predicted octanol–water partition coefficient (Wildman–Crippen LogP) is 1.89. The standard InChI is InChI=1S/C12H12F2N2O2S/c13-10-1-2-12(11(14)7-10)19(17,18)16-5-3-9(8-15)4-6-16/h1-2,7,9H,3-6H2. The molecule has 2 rings (SSSR count). The molecule has 0 bridgehead atoms. The Labute approximate surface area is 110 Å². The zero-order valence-electron chi connectivity index (χ0n) is 10.0. The Bertz CT molecular complexity index is 617. The van der Waals surface area contributed by atoms with Crippen molar-refractivity contribution in [3.05, 3.63) is 29.8 Å². The lowest BCUT2D eigenvalue weighted by molar-refractivity contribution is 0.309. The molecule has 0 atom stereocenters. The summed E-state index contributed by atoms with van der Waals surface area (Å²) in [7, 11) is -3.96. The summed E-state index contributed by atoms with van der Waals surface area (Å²) >= 11 is 0. The number of sulfonamides is 1. The van der Waals surface area contributed by atoms with E-state index in [2.05, 4.69) is 6.07 Å². The zero-order valence-corrected chi connectivity index (χ0v) is 10.8. The minimum Gasteiger partial charge on any atom is -0.207 e. The summed E-state index contributed by atoms with van der Waals surface area (Å²) in [5, 5.41) is 8.75. The fourth-order valence-corrected chi connectivity index (χ4v) is 3.56. The van der Waals surface area contributed by atoms with Crippen LogP contribution in [-0.2, 0) is 10.0 Å². The SMILES string of the molecule is N#CC1CCN(S(=O)(=O)c2ccc(F)cc2F)CC1. The Morgan fingerprint density at radius 1 is 1.26 bits per heavy atom. The predicted molar refractivity (Wildman–Crippen MR) is 63.5 cm³/mol. The summed E-state index contributed by atoms with van der Waals surface area (Å²) in [6.07, 6.45) is 0.858. The molecule has 1 aromatic carbocycles. The number of benzene rings is 1. The van der Waals surface area contributed by atoms with Gasteiger partial charge < -0.3 is 0 Å². The zero-order chi connectivity index (χ0) is 14.0. The maximum absolute atomic E-state index is 13.5. The summed E-state index contributed by atoms with van der Waals surface area (Å²) in [6.45, 7) is 0.356. The summed E-state index contributed by atoms with van der Waals surface area (Å²) < 4.78 is 51.9. The molecule has 1 saturated heterocycles. The van der Waals surface area contributed by atoms with Crippen molar-refractivity contribution in [2.45, 2.75) is 17.7 Å². The number of hydrogen-bond donors (Lipinski definition) is 0. The second kappa shape index (κ2) is 5.23. The molecule has 1 aliphatic rings. The Kier molecular flexibility index (Phi) is 3.83. The molecular formula is C12H12F2N2O2S. The van der Waals surface area contributed by atoms with Gasteiger partial charge >= 0.3 is 0 Å². The molecule has 1 aliphatic heterocycles. The molecule has 0 unspecified atom stereocenters.